The van der Waals surface area contributed by atoms with Crippen molar-refractivity contribution in [3.63, 3.8) is 0 Å². The van der Waals surface area contributed by atoms with Crippen LogP contribution < -0.4 is 5.32 Å². The van der Waals surface area contributed by atoms with Crippen molar-refractivity contribution in [3.05, 3.63) is 40.2 Å². The van der Waals surface area contributed by atoms with Gasteiger partial charge in [0.2, 0.25) is 11.7 Å². The van der Waals surface area contributed by atoms with Crippen molar-refractivity contribution in [3.8, 4) is 11.6 Å². The Balaban J connectivity index is 1.72. The first kappa shape index (κ1) is 11.8. The van der Waals surface area contributed by atoms with Gasteiger partial charge in [-0.05, 0) is 23.4 Å². The molecule has 0 spiro atoms. The van der Waals surface area contributed by atoms with Gasteiger partial charge in [0.05, 0.1) is 0 Å². The van der Waals surface area contributed by atoms with E-state index in [1.165, 1.54) is 10.4 Å². The van der Waals surface area contributed by atoms with Gasteiger partial charge in [-0.1, -0.05) is 5.16 Å². The highest BCUT2D eigenvalue weighted by molar-refractivity contribution is 7.10. The van der Waals surface area contributed by atoms with Gasteiger partial charge in [0.15, 0.2) is 5.82 Å². The first-order chi connectivity index (χ1) is 9.83. The summed E-state index contributed by atoms with van der Waals surface area (Å²) in [6.07, 6.45) is 4.65. The Morgan fingerprint density at radius 3 is 3.30 bits per heavy atom. The molecule has 0 radical (unpaired) electrons. The molecule has 0 bridgehead atoms. The molecule has 0 saturated carbocycles. The van der Waals surface area contributed by atoms with Crippen molar-refractivity contribution in [1.82, 2.24) is 25.0 Å². The van der Waals surface area contributed by atoms with Crippen LogP contribution in [0.3, 0.4) is 0 Å². The lowest BCUT2D eigenvalue weighted by Crippen LogP contribution is -2.29. The Labute approximate surface area is 119 Å². The topological polar surface area (TPSA) is 68.8 Å². The van der Waals surface area contributed by atoms with E-state index in [0.717, 1.165) is 13.0 Å². The highest BCUT2D eigenvalue weighted by Crippen LogP contribution is 2.31. The van der Waals surface area contributed by atoms with Gasteiger partial charge in [-0.15, -0.1) is 11.3 Å². The molecule has 1 aliphatic rings. The van der Waals surface area contributed by atoms with E-state index in [-0.39, 0.29) is 6.04 Å². The van der Waals surface area contributed by atoms with Crippen LogP contribution in [0, 0.1) is 0 Å². The predicted octanol–water partition coefficient (Wildman–Crippen LogP) is 1.77. The molecule has 0 amide bonds. The van der Waals surface area contributed by atoms with Gasteiger partial charge in [0.1, 0.15) is 6.04 Å². The molecule has 102 valence electrons. The molecule has 3 aromatic heterocycles. The maximum absolute atomic E-state index is 5.44. The SMILES string of the molecule is Cn1ccnc1-c1noc(C2NCCc3sccc32)n1. The number of nitrogens with zero attached hydrogens (tertiary/aromatic N) is 4. The molecule has 1 unspecified atom stereocenters. The predicted molar refractivity (Wildman–Crippen MR) is 74.4 cm³/mol. The molecule has 1 N–H and O–H groups in total. The van der Waals surface area contributed by atoms with E-state index >= 15 is 0 Å². The number of rotatable bonds is 2. The summed E-state index contributed by atoms with van der Waals surface area (Å²) in [5, 5.41) is 9.59. The molecule has 0 aromatic carbocycles. The second kappa shape index (κ2) is 4.53. The maximum Gasteiger partial charge on any atom is 0.248 e. The van der Waals surface area contributed by atoms with Crippen LogP contribution >= 0.6 is 11.3 Å². The lowest BCUT2D eigenvalue weighted by Gasteiger charge is -2.20. The molecular formula is C13H13N5OS. The summed E-state index contributed by atoms with van der Waals surface area (Å²) in [6.45, 7) is 0.929. The third-order valence-electron chi connectivity index (χ3n) is 3.50. The van der Waals surface area contributed by atoms with Crippen molar-refractivity contribution >= 4 is 11.3 Å². The van der Waals surface area contributed by atoms with Crippen molar-refractivity contribution in [2.45, 2.75) is 12.5 Å². The first-order valence-corrected chi connectivity index (χ1v) is 7.32. The molecule has 4 rings (SSSR count). The molecule has 1 aliphatic heterocycles. The van der Waals surface area contributed by atoms with Crippen LogP contribution in [-0.4, -0.2) is 26.2 Å². The third kappa shape index (κ3) is 1.78. The van der Waals surface area contributed by atoms with Crippen molar-refractivity contribution < 1.29 is 4.52 Å². The third-order valence-corrected chi connectivity index (χ3v) is 4.50. The Morgan fingerprint density at radius 1 is 1.50 bits per heavy atom. The summed E-state index contributed by atoms with van der Waals surface area (Å²) in [5.41, 5.74) is 1.25. The minimum absolute atomic E-state index is 0.00785. The quantitative estimate of drug-likeness (QED) is 0.778. The first-order valence-electron chi connectivity index (χ1n) is 6.44. The number of nitrogens with one attached hydrogen (secondary N) is 1. The normalized spacial score (nSPS) is 18.1. The maximum atomic E-state index is 5.44. The average Bonchev–Trinajstić information content (AvgIpc) is 3.17. The number of fused-ring (bicyclic) bond motifs is 1. The van der Waals surface area contributed by atoms with Gasteiger partial charge >= 0.3 is 0 Å². The van der Waals surface area contributed by atoms with Gasteiger partial charge in [-0.2, -0.15) is 4.98 Å². The molecule has 0 saturated heterocycles. The van der Waals surface area contributed by atoms with E-state index < -0.39 is 0 Å². The lowest BCUT2D eigenvalue weighted by atomic mass is 10.0. The van der Waals surface area contributed by atoms with Crippen LogP contribution in [0.4, 0.5) is 0 Å². The molecule has 7 heteroatoms. The summed E-state index contributed by atoms with van der Waals surface area (Å²) < 4.78 is 7.31. The van der Waals surface area contributed by atoms with Crippen LogP contribution in [0.1, 0.15) is 22.4 Å². The zero-order valence-electron chi connectivity index (χ0n) is 10.9. The van der Waals surface area contributed by atoms with E-state index in [2.05, 4.69) is 31.9 Å². The second-order valence-electron chi connectivity index (χ2n) is 4.75. The molecular weight excluding hydrogens is 274 g/mol. The lowest BCUT2D eigenvalue weighted by molar-refractivity contribution is 0.344. The number of hydrogen-bond donors (Lipinski definition) is 1. The van der Waals surface area contributed by atoms with Gasteiger partial charge in [-0.3, -0.25) is 0 Å². The summed E-state index contributed by atoms with van der Waals surface area (Å²) in [5.74, 6) is 1.83. The summed E-state index contributed by atoms with van der Waals surface area (Å²) >= 11 is 1.78. The van der Waals surface area contributed by atoms with E-state index in [0.29, 0.717) is 17.5 Å². The van der Waals surface area contributed by atoms with E-state index in [1.807, 2.05) is 17.8 Å². The zero-order chi connectivity index (χ0) is 13.5. The fourth-order valence-electron chi connectivity index (χ4n) is 2.50. The average molecular weight is 287 g/mol. The van der Waals surface area contributed by atoms with Crippen LogP contribution in [0.2, 0.25) is 0 Å². The smallest absolute Gasteiger partial charge is 0.248 e. The van der Waals surface area contributed by atoms with Crippen LogP contribution in [-0.2, 0) is 13.5 Å². The van der Waals surface area contributed by atoms with E-state index in [1.54, 1.807) is 17.5 Å². The fourth-order valence-corrected chi connectivity index (χ4v) is 3.42. The van der Waals surface area contributed by atoms with Gasteiger partial charge in [-0.25, -0.2) is 4.98 Å². The largest absolute Gasteiger partial charge is 0.337 e. The van der Waals surface area contributed by atoms with Crippen molar-refractivity contribution in [2.24, 2.45) is 7.05 Å². The highest BCUT2D eigenvalue weighted by atomic mass is 32.1. The summed E-state index contributed by atoms with van der Waals surface area (Å²) in [4.78, 5) is 10.1. The number of imidazole rings is 1. The molecule has 6 nitrogen and oxygen atoms in total. The Morgan fingerprint density at radius 2 is 2.45 bits per heavy atom. The van der Waals surface area contributed by atoms with Crippen molar-refractivity contribution in [1.29, 1.82) is 0 Å². The van der Waals surface area contributed by atoms with Gasteiger partial charge in [0.25, 0.3) is 0 Å². The molecule has 3 aromatic rings. The number of thiophene rings is 1. The standard InChI is InChI=1S/C13H13N5OS/c1-18-6-5-15-12(18)11-16-13(19-17-11)10-8-3-7-20-9(8)2-4-14-10/h3,5-7,10,14H,2,4H2,1H3. The van der Waals surface area contributed by atoms with Crippen LogP contribution in [0.5, 0.6) is 0 Å². The highest BCUT2D eigenvalue weighted by Gasteiger charge is 2.27. The van der Waals surface area contributed by atoms with E-state index in [4.69, 9.17) is 4.52 Å². The monoisotopic (exact) mass is 287 g/mol. The van der Waals surface area contributed by atoms with Crippen LogP contribution in [0.25, 0.3) is 11.6 Å². The molecule has 0 aliphatic carbocycles. The number of aryl methyl sites for hydroxylation is 1. The summed E-state index contributed by atoms with van der Waals surface area (Å²) in [6, 6.07) is 2.12. The molecule has 1 atom stereocenters. The Kier molecular flexibility index (Phi) is 2.68. The minimum atomic E-state index is -0.00785. The molecule has 0 fully saturated rings. The van der Waals surface area contributed by atoms with E-state index in [9.17, 15) is 0 Å². The Hall–Kier alpha value is -1.99. The molecule has 20 heavy (non-hydrogen) atoms. The number of aromatic nitrogens is 4. The fraction of sp³-hybridized carbons (Fsp3) is 0.308. The Bertz CT molecular complexity index is 743. The van der Waals surface area contributed by atoms with Crippen LogP contribution in [0.15, 0.2) is 28.4 Å². The molecule has 4 heterocycles. The summed E-state index contributed by atoms with van der Waals surface area (Å²) in [7, 11) is 1.91. The number of hydrogen-bond acceptors (Lipinski definition) is 6. The van der Waals surface area contributed by atoms with Crippen molar-refractivity contribution in [2.75, 3.05) is 6.54 Å². The van der Waals surface area contributed by atoms with Gasteiger partial charge in [0, 0.05) is 30.9 Å². The second-order valence-corrected chi connectivity index (χ2v) is 5.75. The van der Waals surface area contributed by atoms with Gasteiger partial charge < -0.3 is 14.4 Å². The zero-order valence-corrected chi connectivity index (χ0v) is 11.7. The minimum Gasteiger partial charge on any atom is -0.337 e.